The fourth-order valence-electron chi connectivity index (χ4n) is 4.45. The molecule has 1 spiro atoms. The first-order chi connectivity index (χ1) is 12.6. The zero-order valence-electron chi connectivity index (χ0n) is 16.1. The lowest BCUT2D eigenvalue weighted by Crippen LogP contribution is -2.49. The molecule has 2 N–H and O–H groups in total. The Kier molecular flexibility index (Phi) is 4.89. The molecule has 0 aromatic rings. The minimum absolute atomic E-state index is 0.126. The van der Waals surface area contributed by atoms with Gasteiger partial charge in [0.1, 0.15) is 5.60 Å². The van der Waals surface area contributed by atoms with E-state index in [1.165, 1.54) is 0 Å². The van der Waals surface area contributed by atoms with E-state index in [1.54, 1.807) is 6.92 Å². The number of Topliss-reactive ketones (excluding diaryl/α,β-unsaturated/α-hetero) is 1. The van der Waals surface area contributed by atoms with Crippen molar-refractivity contribution in [3.05, 3.63) is 33.9 Å². The number of ether oxygens (including phenoxy) is 1. The van der Waals surface area contributed by atoms with E-state index in [1.807, 2.05) is 19.9 Å². The van der Waals surface area contributed by atoms with Crippen LogP contribution < -0.4 is 0 Å². The number of allylic oxidation sites excluding steroid dienone is 4. The molecule has 0 bridgehead atoms. The van der Waals surface area contributed by atoms with Crippen LogP contribution >= 0.6 is 0 Å². The average Bonchev–Trinajstić information content (AvgIpc) is 3.35. The van der Waals surface area contributed by atoms with E-state index < -0.39 is 23.0 Å². The van der Waals surface area contributed by atoms with Crippen molar-refractivity contribution in [2.75, 3.05) is 6.61 Å². The van der Waals surface area contributed by atoms with Crippen LogP contribution in [0, 0.1) is 5.41 Å². The molecule has 0 saturated heterocycles. The van der Waals surface area contributed by atoms with E-state index in [0.717, 1.165) is 35.1 Å². The molecule has 0 aromatic heterocycles. The quantitative estimate of drug-likeness (QED) is 0.525. The van der Waals surface area contributed by atoms with Gasteiger partial charge in [-0.15, -0.1) is 0 Å². The number of carboxylic acids is 1. The summed E-state index contributed by atoms with van der Waals surface area (Å²) in [5.41, 5.74) is 2.97. The van der Waals surface area contributed by atoms with Crippen molar-refractivity contribution in [1.82, 2.24) is 0 Å². The van der Waals surface area contributed by atoms with Gasteiger partial charge >= 0.3 is 11.9 Å². The Labute approximate surface area is 158 Å². The highest BCUT2D eigenvalue weighted by Gasteiger charge is 2.64. The molecule has 0 aromatic carbocycles. The molecule has 0 unspecified atom stereocenters. The Morgan fingerprint density at radius 1 is 1.22 bits per heavy atom. The Bertz CT molecular complexity index is 805. The first kappa shape index (κ1) is 19.5. The number of rotatable bonds is 7. The van der Waals surface area contributed by atoms with Crippen molar-refractivity contribution in [3.63, 3.8) is 0 Å². The van der Waals surface area contributed by atoms with Crippen molar-refractivity contribution >= 4 is 17.7 Å². The molecule has 0 heterocycles. The van der Waals surface area contributed by atoms with E-state index in [-0.39, 0.29) is 25.2 Å². The van der Waals surface area contributed by atoms with E-state index in [9.17, 15) is 19.5 Å². The molecule has 3 aliphatic rings. The van der Waals surface area contributed by atoms with Crippen molar-refractivity contribution in [1.29, 1.82) is 0 Å². The second kappa shape index (κ2) is 6.75. The molecule has 3 rings (SSSR count). The van der Waals surface area contributed by atoms with Crippen LogP contribution in [0.15, 0.2) is 33.9 Å². The van der Waals surface area contributed by atoms with Crippen LogP contribution in [0.25, 0.3) is 0 Å². The second-order valence-corrected chi connectivity index (χ2v) is 7.92. The topological polar surface area (TPSA) is 101 Å². The Morgan fingerprint density at radius 3 is 2.48 bits per heavy atom. The number of fused-ring (bicyclic) bond motifs is 1. The molecule has 1 saturated carbocycles. The van der Waals surface area contributed by atoms with Gasteiger partial charge < -0.3 is 14.9 Å². The van der Waals surface area contributed by atoms with Crippen LogP contribution in [-0.2, 0) is 19.1 Å². The van der Waals surface area contributed by atoms with Gasteiger partial charge in [-0.2, -0.15) is 0 Å². The predicted molar refractivity (Wildman–Crippen MR) is 97.8 cm³/mol. The van der Waals surface area contributed by atoms with E-state index >= 15 is 0 Å². The van der Waals surface area contributed by atoms with Gasteiger partial charge in [0.15, 0.2) is 5.78 Å². The summed E-state index contributed by atoms with van der Waals surface area (Å²) in [5, 5.41) is 19.4. The number of hydrogen-bond donors (Lipinski definition) is 2. The number of hydrogen-bond acceptors (Lipinski definition) is 5. The molecule has 3 aliphatic carbocycles. The van der Waals surface area contributed by atoms with Crippen LogP contribution in [0.2, 0.25) is 0 Å². The zero-order chi connectivity index (χ0) is 20.0. The molecule has 0 amide bonds. The number of aliphatic hydroxyl groups is 1. The van der Waals surface area contributed by atoms with Crippen LogP contribution in [0.5, 0.6) is 0 Å². The number of aliphatic carboxylic acids is 1. The Balaban J connectivity index is 1.67. The maximum absolute atomic E-state index is 12.9. The number of carboxylic acid groups (broad SMARTS) is 1. The first-order valence-corrected chi connectivity index (χ1v) is 9.40. The van der Waals surface area contributed by atoms with Gasteiger partial charge in [0, 0.05) is 11.0 Å². The van der Waals surface area contributed by atoms with Crippen molar-refractivity contribution in [3.8, 4) is 0 Å². The molecule has 146 valence electrons. The van der Waals surface area contributed by atoms with Gasteiger partial charge in [-0.25, -0.2) is 0 Å². The molecule has 0 aliphatic heterocycles. The lowest BCUT2D eigenvalue weighted by molar-refractivity contribution is -0.147. The highest BCUT2D eigenvalue weighted by atomic mass is 16.5. The zero-order valence-corrected chi connectivity index (χ0v) is 16.1. The van der Waals surface area contributed by atoms with Gasteiger partial charge in [-0.3, -0.25) is 14.4 Å². The summed E-state index contributed by atoms with van der Waals surface area (Å²) in [6.45, 7) is 5.82. The third kappa shape index (κ3) is 3.16. The van der Waals surface area contributed by atoms with Crippen LogP contribution in [0.4, 0.5) is 0 Å². The fraction of sp³-hybridized carbons (Fsp3) is 0.571. The SMILES string of the molecule is CC1=C(CCCOC(=O)CCC(=O)O)C2=C(C)C3(CC3)[C@@](C)(O)C(=O)C2=C1. The van der Waals surface area contributed by atoms with Gasteiger partial charge in [-0.05, 0) is 69.2 Å². The molecule has 6 nitrogen and oxygen atoms in total. The fourth-order valence-corrected chi connectivity index (χ4v) is 4.45. The summed E-state index contributed by atoms with van der Waals surface area (Å²) >= 11 is 0. The highest BCUT2D eigenvalue weighted by Crippen LogP contribution is 2.65. The highest BCUT2D eigenvalue weighted by molar-refractivity contribution is 6.10. The molecule has 27 heavy (non-hydrogen) atoms. The van der Waals surface area contributed by atoms with Crippen LogP contribution in [0.3, 0.4) is 0 Å². The second-order valence-electron chi connectivity index (χ2n) is 7.92. The van der Waals surface area contributed by atoms with E-state index in [4.69, 9.17) is 9.84 Å². The Morgan fingerprint density at radius 2 is 1.89 bits per heavy atom. The molecule has 0 radical (unpaired) electrons. The average molecular weight is 374 g/mol. The molecule has 1 atom stereocenters. The largest absolute Gasteiger partial charge is 0.481 e. The normalized spacial score (nSPS) is 25.6. The maximum atomic E-state index is 12.9. The smallest absolute Gasteiger partial charge is 0.306 e. The number of carbonyl (C=O) groups excluding carboxylic acids is 2. The van der Waals surface area contributed by atoms with E-state index in [2.05, 4.69) is 0 Å². The molecule has 1 fully saturated rings. The number of carbonyl (C=O) groups is 3. The van der Waals surface area contributed by atoms with Gasteiger partial charge in [0.25, 0.3) is 0 Å². The lowest BCUT2D eigenvalue weighted by atomic mass is 9.67. The van der Waals surface area contributed by atoms with Gasteiger partial charge in [-0.1, -0.05) is 5.57 Å². The predicted octanol–water partition coefficient (Wildman–Crippen LogP) is 2.86. The molecule has 6 heteroatoms. The summed E-state index contributed by atoms with van der Waals surface area (Å²) in [7, 11) is 0. The van der Waals surface area contributed by atoms with Crippen LogP contribution in [-0.4, -0.2) is 40.1 Å². The van der Waals surface area contributed by atoms with Crippen molar-refractivity contribution in [2.45, 2.75) is 64.9 Å². The van der Waals surface area contributed by atoms with Crippen molar-refractivity contribution in [2.24, 2.45) is 5.41 Å². The summed E-state index contributed by atoms with van der Waals surface area (Å²) < 4.78 is 5.09. The maximum Gasteiger partial charge on any atom is 0.306 e. The third-order valence-corrected chi connectivity index (χ3v) is 6.25. The van der Waals surface area contributed by atoms with Crippen LogP contribution in [0.1, 0.15) is 59.3 Å². The minimum atomic E-state index is -1.35. The van der Waals surface area contributed by atoms with E-state index in [0.29, 0.717) is 18.4 Å². The third-order valence-electron chi connectivity index (χ3n) is 6.25. The summed E-state index contributed by atoms with van der Waals surface area (Å²) in [6, 6.07) is 0. The van der Waals surface area contributed by atoms with Gasteiger partial charge in [0.2, 0.25) is 0 Å². The number of ketones is 1. The monoisotopic (exact) mass is 374 g/mol. The summed E-state index contributed by atoms with van der Waals surface area (Å²) in [5.74, 6) is -1.73. The standard InChI is InChI=1S/C21H26O6/c1-12-11-15-18(13(2)21(8-9-21)20(3,26)19(15)25)14(12)5-4-10-27-17(24)7-6-16(22)23/h11,26H,4-10H2,1-3H3,(H,22,23)/t20-/m0/s1. The van der Waals surface area contributed by atoms with Crippen molar-refractivity contribution < 1.29 is 29.3 Å². The number of esters is 1. The lowest BCUT2D eigenvalue weighted by Gasteiger charge is -2.39. The van der Waals surface area contributed by atoms with Gasteiger partial charge in [0.05, 0.1) is 19.4 Å². The molecular weight excluding hydrogens is 348 g/mol. The summed E-state index contributed by atoms with van der Waals surface area (Å²) in [6.07, 6.45) is 4.41. The summed E-state index contributed by atoms with van der Waals surface area (Å²) in [4.78, 5) is 34.8. The minimum Gasteiger partial charge on any atom is -0.481 e. The molecular formula is C21H26O6. The first-order valence-electron chi connectivity index (χ1n) is 9.40. The Hall–Kier alpha value is -2.21.